The van der Waals surface area contributed by atoms with Crippen molar-refractivity contribution in [1.29, 1.82) is 0 Å². The molecule has 1 radical (unpaired) electrons. The van der Waals surface area contributed by atoms with E-state index in [0.29, 0.717) is 5.92 Å². The van der Waals surface area contributed by atoms with E-state index in [1.54, 1.807) is 0 Å². The van der Waals surface area contributed by atoms with Crippen LogP contribution in [0.3, 0.4) is 0 Å². The highest BCUT2D eigenvalue weighted by Crippen LogP contribution is 2.05. The van der Waals surface area contributed by atoms with Crippen LogP contribution in [0.15, 0.2) is 23.8 Å². The lowest BCUT2D eigenvalue weighted by molar-refractivity contribution is 0.842. The first-order valence-corrected chi connectivity index (χ1v) is 5.32. The standard InChI is InChI=1S/C13H23/c1-5-13(4)11-9-7-6-8-10-12(2)3/h8,10-12H,2,5-7,9H2,1,3-4H3/b10-8+,13-11+. The van der Waals surface area contributed by atoms with Crippen LogP contribution in [0.25, 0.3) is 0 Å². The van der Waals surface area contributed by atoms with E-state index in [4.69, 9.17) is 0 Å². The van der Waals surface area contributed by atoms with E-state index >= 15 is 0 Å². The quantitative estimate of drug-likeness (QED) is 0.415. The second-order valence-electron chi connectivity index (χ2n) is 3.74. The lowest BCUT2D eigenvalue weighted by Crippen LogP contribution is -1.78. The van der Waals surface area contributed by atoms with Gasteiger partial charge in [0.1, 0.15) is 0 Å². The maximum atomic E-state index is 3.90. The maximum Gasteiger partial charge on any atom is -0.0262 e. The predicted molar refractivity (Wildman–Crippen MR) is 61.6 cm³/mol. The summed E-state index contributed by atoms with van der Waals surface area (Å²) in [7, 11) is 0. The summed E-state index contributed by atoms with van der Waals surface area (Å²) in [6.07, 6.45) is 11.6. The normalized spacial score (nSPS) is 13.2. The predicted octanol–water partition coefficient (Wildman–Crippen LogP) is 4.54. The molecule has 0 aliphatic rings. The fraction of sp³-hybridized carbons (Fsp3) is 0.615. The fourth-order valence-electron chi connectivity index (χ4n) is 1.06. The maximum absolute atomic E-state index is 3.90. The highest BCUT2D eigenvalue weighted by atomic mass is 13.9. The molecule has 75 valence electrons. The molecule has 0 rings (SSSR count). The number of allylic oxidation sites excluding steroid dienone is 4. The molecule has 0 aromatic heterocycles. The van der Waals surface area contributed by atoms with Gasteiger partial charge in [-0.1, -0.05) is 37.6 Å². The molecule has 0 N–H and O–H groups in total. The Labute approximate surface area is 83.7 Å². The monoisotopic (exact) mass is 179 g/mol. The molecule has 0 aliphatic carbocycles. The van der Waals surface area contributed by atoms with E-state index < -0.39 is 0 Å². The molecular weight excluding hydrogens is 156 g/mol. The second kappa shape index (κ2) is 8.10. The Hall–Kier alpha value is -0.520. The van der Waals surface area contributed by atoms with Crippen molar-refractivity contribution in [3.8, 4) is 0 Å². The topological polar surface area (TPSA) is 0 Å². The van der Waals surface area contributed by atoms with Crippen molar-refractivity contribution in [2.75, 3.05) is 0 Å². The summed E-state index contributed by atoms with van der Waals surface area (Å²) in [5, 5.41) is 0. The first kappa shape index (κ1) is 12.5. The van der Waals surface area contributed by atoms with Crippen LogP contribution in [-0.2, 0) is 0 Å². The van der Waals surface area contributed by atoms with Gasteiger partial charge in [0.25, 0.3) is 0 Å². The summed E-state index contributed by atoms with van der Waals surface area (Å²) in [5.74, 6) is 0.452. The molecule has 0 saturated carbocycles. The summed E-state index contributed by atoms with van der Waals surface area (Å²) in [6.45, 7) is 10.4. The molecule has 0 bridgehead atoms. The zero-order valence-electron chi connectivity index (χ0n) is 9.34. The van der Waals surface area contributed by atoms with Crippen LogP contribution in [0.1, 0.15) is 46.5 Å². The van der Waals surface area contributed by atoms with E-state index in [0.717, 1.165) is 0 Å². The molecule has 0 aliphatic heterocycles. The van der Waals surface area contributed by atoms with Crippen molar-refractivity contribution in [2.24, 2.45) is 5.92 Å². The van der Waals surface area contributed by atoms with Crippen LogP contribution >= 0.6 is 0 Å². The molecule has 0 aromatic rings. The average Bonchev–Trinajstić information content (AvgIpc) is 2.10. The molecule has 13 heavy (non-hydrogen) atoms. The third-order valence-electron chi connectivity index (χ3n) is 2.09. The van der Waals surface area contributed by atoms with Crippen molar-refractivity contribution < 1.29 is 0 Å². The first-order valence-electron chi connectivity index (χ1n) is 5.32. The average molecular weight is 179 g/mol. The van der Waals surface area contributed by atoms with Crippen molar-refractivity contribution in [2.45, 2.75) is 46.5 Å². The SMILES string of the molecule is [CH2]C(C)/C=C/CCC/C=C(\C)CC. The van der Waals surface area contributed by atoms with Crippen LogP contribution in [0.2, 0.25) is 0 Å². The largest absolute Gasteiger partial charge is 0.0883 e. The third-order valence-corrected chi connectivity index (χ3v) is 2.09. The molecule has 0 fully saturated rings. The van der Waals surface area contributed by atoms with E-state index in [2.05, 4.69) is 45.9 Å². The molecule has 0 saturated heterocycles. The molecular formula is C13H23. The van der Waals surface area contributed by atoms with E-state index in [-0.39, 0.29) is 0 Å². The zero-order valence-corrected chi connectivity index (χ0v) is 9.34. The van der Waals surface area contributed by atoms with E-state index in [1.165, 1.54) is 31.3 Å². The Bertz CT molecular complexity index is 161. The lowest BCUT2D eigenvalue weighted by atomic mass is 10.1. The Morgan fingerprint density at radius 1 is 1.38 bits per heavy atom. The minimum absolute atomic E-state index is 0.452. The van der Waals surface area contributed by atoms with Crippen molar-refractivity contribution in [3.63, 3.8) is 0 Å². The molecule has 0 aromatic carbocycles. The van der Waals surface area contributed by atoms with Crippen molar-refractivity contribution >= 4 is 0 Å². The zero-order chi connectivity index (χ0) is 10.1. The van der Waals surface area contributed by atoms with Gasteiger partial charge in [-0.05, 0) is 45.4 Å². The van der Waals surface area contributed by atoms with Crippen molar-refractivity contribution in [1.82, 2.24) is 0 Å². The molecule has 1 unspecified atom stereocenters. The Balaban J connectivity index is 3.36. The van der Waals surface area contributed by atoms with Crippen LogP contribution in [0, 0.1) is 12.8 Å². The van der Waals surface area contributed by atoms with Gasteiger partial charge in [-0.2, -0.15) is 0 Å². The number of rotatable bonds is 6. The highest BCUT2D eigenvalue weighted by Gasteiger charge is 1.86. The van der Waals surface area contributed by atoms with Gasteiger partial charge in [0.2, 0.25) is 0 Å². The summed E-state index contributed by atoms with van der Waals surface area (Å²) in [5.41, 5.74) is 1.51. The van der Waals surface area contributed by atoms with Gasteiger partial charge in [0, 0.05) is 0 Å². The van der Waals surface area contributed by atoms with Gasteiger partial charge in [0.15, 0.2) is 0 Å². The summed E-state index contributed by atoms with van der Waals surface area (Å²) >= 11 is 0. The van der Waals surface area contributed by atoms with Gasteiger partial charge in [-0.3, -0.25) is 0 Å². The number of unbranched alkanes of at least 4 members (excludes halogenated alkanes) is 2. The van der Waals surface area contributed by atoms with Gasteiger partial charge >= 0.3 is 0 Å². The van der Waals surface area contributed by atoms with Crippen LogP contribution in [-0.4, -0.2) is 0 Å². The molecule has 0 heteroatoms. The molecule has 0 amide bonds. The third kappa shape index (κ3) is 9.39. The molecule has 1 atom stereocenters. The van der Waals surface area contributed by atoms with Crippen LogP contribution in [0.4, 0.5) is 0 Å². The number of hydrogen-bond donors (Lipinski definition) is 0. The highest BCUT2D eigenvalue weighted by molar-refractivity contribution is 4.97. The Morgan fingerprint density at radius 3 is 2.62 bits per heavy atom. The smallest absolute Gasteiger partial charge is 0.0262 e. The van der Waals surface area contributed by atoms with Gasteiger partial charge < -0.3 is 0 Å². The van der Waals surface area contributed by atoms with Crippen LogP contribution in [0.5, 0.6) is 0 Å². The second-order valence-corrected chi connectivity index (χ2v) is 3.74. The summed E-state index contributed by atoms with van der Waals surface area (Å²) in [6, 6.07) is 0. The molecule has 0 nitrogen and oxygen atoms in total. The Morgan fingerprint density at radius 2 is 2.08 bits per heavy atom. The fourth-order valence-corrected chi connectivity index (χ4v) is 1.06. The van der Waals surface area contributed by atoms with E-state index in [9.17, 15) is 0 Å². The minimum Gasteiger partial charge on any atom is -0.0883 e. The van der Waals surface area contributed by atoms with Crippen molar-refractivity contribution in [3.05, 3.63) is 30.7 Å². The lowest BCUT2D eigenvalue weighted by Gasteiger charge is -1.96. The van der Waals surface area contributed by atoms with Gasteiger partial charge in [0.05, 0.1) is 0 Å². The van der Waals surface area contributed by atoms with Crippen LogP contribution < -0.4 is 0 Å². The minimum atomic E-state index is 0.452. The first-order chi connectivity index (χ1) is 6.16. The molecule has 0 heterocycles. The van der Waals surface area contributed by atoms with Gasteiger partial charge in [-0.25, -0.2) is 0 Å². The van der Waals surface area contributed by atoms with Gasteiger partial charge in [-0.15, -0.1) is 0 Å². The summed E-state index contributed by atoms with van der Waals surface area (Å²) < 4.78 is 0. The summed E-state index contributed by atoms with van der Waals surface area (Å²) in [4.78, 5) is 0. The Kier molecular flexibility index (Phi) is 7.77. The van der Waals surface area contributed by atoms with E-state index in [1.807, 2.05) is 0 Å². The number of hydrogen-bond acceptors (Lipinski definition) is 0. The molecule has 0 spiro atoms.